The van der Waals surface area contributed by atoms with Crippen LogP contribution in [0, 0.1) is 0 Å². The fourth-order valence-electron chi connectivity index (χ4n) is 1.81. The zero-order valence-electron chi connectivity index (χ0n) is 10.9. The Kier molecular flexibility index (Phi) is 3.64. The minimum absolute atomic E-state index is 0.294. The lowest BCUT2D eigenvalue weighted by molar-refractivity contribution is 0.297. The summed E-state index contributed by atoms with van der Waals surface area (Å²) in [4.78, 5) is 0. The molecular formula is C13H14ClN3O3. The lowest BCUT2D eigenvalue weighted by atomic mass is 10.3. The number of alkyl halides is 1. The van der Waals surface area contributed by atoms with Gasteiger partial charge in [0.15, 0.2) is 11.5 Å². The first-order valence-electron chi connectivity index (χ1n) is 6.36. The van der Waals surface area contributed by atoms with Gasteiger partial charge in [0.25, 0.3) is 0 Å². The van der Waals surface area contributed by atoms with Gasteiger partial charge in [0.2, 0.25) is 5.89 Å². The largest absolute Gasteiger partial charge is 0.490 e. The van der Waals surface area contributed by atoms with E-state index in [1.54, 1.807) is 6.92 Å². The summed E-state index contributed by atoms with van der Waals surface area (Å²) >= 11 is 5.87. The van der Waals surface area contributed by atoms with Crippen molar-refractivity contribution in [2.45, 2.75) is 18.7 Å². The van der Waals surface area contributed by atoms with Crippen LogP contribution in [0.5, 0.6) is 11.5 Å². The minimum Gasteiger partial charge on any atom is -0.490 e. The molecule has 20 heavy (non-hydrogen) atoms. The number of halogens is 1. The van der Waals surface area contributed by atoms with Crippen LogP contribution >= 0.6 is 11.6 Å². The molecule has 0 amide bonds. The van der Waals surface area contributed by atoms with Crippen LogP contribution in [0.3, 0.4) is 0 Å². The number of fused-ring (bicyclic) bond motifs is 1. The van der Waals surface area contributed by atoms with E-state index in [9.17, 15) is 0 Å². The zero-order valence-corrected chi connectivity index (χ0v) is 11.7. The molecule has 0 aliphatic carbocycles. The van der Waals surface area contributed by atoms with E-state index < -0.39 is 0 Å². The van der Waals surface area contributed by atoms with Crippen molar-refractivity contribution in [2.75, 3.05) is 18.5 Å². The topological polar surface area (TPSA) is 69.4 Å². The van der Waals surface area contributed by atoms with Gasteiger partial charge in [-0.25, -0.2) is 0 Å². The molecular weight excluding hydrogens is 282 g/mol. The molecule has 0 fully saturated rings. The number of benzene rings is 1. The Morgan fingerprint density at radius 3 is 2.75 bits per heavy atom. The van der Waals surface area contributed by atoms with Gasteiger partial charge in [-0.3, -0.25) is 0 Å². The Bertz CT molecular complexity index is 600. The van der Waals surface area contributed by atoms with Crippen LogP contribution in [0.1, 0.15) is 24.6 Å². The maximum absolute atomic E-state index is 5.87. The monoisotopic (exact) mass is 295 g/mol. The van der Waals surface area contributed by atoms with Crippen molar-refractivity contribution >= 4 is 23.3 Å². The quantitative estimate of drug-likeness (QED) is 0.876. The van der Waals surface area contributed by atoms with Gasteiger partial charge >= 0.3 is 6.01 Å². The molecule has 1 aliphatic rings. The first kappa shape index (κ1) is 13.1. The van der Waals surface area contributed by atoms with Crippen molar-refractivity contribution in [3.05, 3.63) is 24.1 Å². The van der Waals surface area contributed by atoms with Crippen molar-refractivity contribution < 1.29 is 13.9 Å². The number of ether oxygens (including phenoxy) is 2. The summed E-state index contributed by atoms with van der Waals surface area (Å²) < 4.78 is 16.6. The van der Waals surface area contributed by atoms with E-state index in [0.717, 1.165) is 17.9 Å². The van der Waals surface area contributed by atoms with Crippen molar-refractivity contribution in [3.63, 3.8) is 0 Å². The van der Waals surface area contributed by atoms with Crippen molar-refractivity contribution in [2.24, 2.45) is 0 Å². The summed E-state index contributed by atoms with van der Waals surface area (Å²) in [5.41, 5.74) is 0.784. The van der Waals surface area contributed by atoms with Gasteiger partial charge in [0.1, 0.15) is 5.38 Å². The van der Waals surface area contributed by atoms with Gasteiger partial charge in [-0.1, -0.05) is 5.10 Å². The molecule has 0 bridgehead atoms. The summed E-state index contributed by atoms with van der Waals surface area (Å²) in [6.07, 6.45) is 0.873. The molecule has 6 nitrogen and oxygen atoms in total. The van der Waals surface area contributed by atoms with Gasteiger partial charge in [-0.2, -0.15) is 0 Å². The fraction of sp³-hybridized carbons (Fsp3) is 0.385. The Morgan fingerprint density at radius 2 is 2.00 bits per heavy atom. The molecule has 0 saturated heterocycles. The second-order valence-corrected chi connectivity index (χ2v) is 5.05. The van der Waals surface area contributed by atoms with Gasteiger partial charge in [-0.05, 0) is 19.1 Å². The van der Waals surface area contributed by atoms with Crippen LogP contribution in [-0.2, 0) is 0 Å². The lowest BCUT2D eigenvalue weighted by Crippen LogP contribution is -1.97. The Hall–Kier alpha value is -1.95. The first-order chi connectivity index (χ1) is 9.72. The highest BCUT2D eigenvalue weighted by Gasteiger charge is 2.13. The van der Waals surface area contributed by atoms with E-state index in [1.165, 1.54) is 0 Å². The molecule has 7 heteroatoms. The summed E-state index contributed by atoms with van der Waals surface area (Å²) in [6, 6.07) is 5.85. The molecule has 2 aromatic rings. The van der Waals surface area contributed by atoms with E-state index in [2.05, 4.69) is 15.5 Å². The molecule has 1 aromatic carbocycles. The second-order valence-electron chi connectivity index (χ2n) is 4.40. The maximum Gasteiger partial charge on any atom is 0.320 e. The van der Waals surface area contributed by atoms with Crippen molar-refractivity contribution in [1.29, 1.82) is 0 Å². The summed E-state index contributed by atoms with van der Waals surface area (Å²) in [5, 5.41) is 10.4. The number of hydrogen-bond donors (Lipinski definition) is 1. The SMILES string of the molecule is CC(Cl)c1nnc(Nc2ccc3c(c2)OCCCO3)o1. The molecule has 0 spiro atoms. The molecule has 0 saturated carbocycles. The van der Waals surface area contributed by atoms with Crippen molar-refractivity contribution in [3.8, 4) is 11.5 Å². The van der Waals surface area contributed by atoms with Crippen LogP contribution in [0.4, 0.5) is 11.7 Å². The number of rotatable bonds is 3. The van der Waals surface area contributed by atoms with E-state index in [4.69, 9.17) is 25.5 Å². The average Bonchev–Trinajstić information content (AvgIpc) is 2.77. The number of nitrogens with one attached hydrogen (secondary N) is 1. The van der Waals surface area contributed by atoms with Crippen LogP contribution in [0.25, 0.3) is 0 Å². The maximum atomic E-state index is 5.87. The number of hydrogen-bond acceptors (Lipinski definition) is 6. The third-order valence-electron chi connectivity index (χ3n) is 2.78. The average molecular weight is 296 g/mol. The smallest absolute Gasteiger partial charge is 0.320 e. The predicted molar refractivity (Wildman–Crippen MR) is 73.9 cm³/mol. The number of nitrogens with zero attached hydrogens (tertiary/aromatic N) is 2. The minimum atomic E-state index is -0.318. The Morgan fingerprint density at radius 1 is 1.20 bits per heavy atom. The molecule has 0 radical (unpaired) electrons. The van der Waals surface area contributed by atoms with Crippen LogP contribution < -0.4 is 14.8 Å². The molecule has 3 rings (SSSR count). The fourth-order valence-corrected chi connectivity index (χ4v) is 1.90. The van der Waals surface area contributed by atoms with E-state index >= 15 is 0 Å². The molecule has 1 atom stereocenters. The van der Waals surface area contributed by atoms with Crippen LogP contribution in [0.2, 0.25) is 0 Å². The molecule has 2 heterocycles. The van der Waals surface area contributed by atoms with Gasteiger partial charge in [0.05, 0.1) is 13.2 Å². The highest BCUT2D eigenvalue weighted by Crippen LogP contribution is 2.33. The second kappa shape index (κ2) is 5.58. The van der Waals surface area contributed by atoms with Crippen LogP contribution in [0.15, 0.2) is 22.6 Å². The molecule has 1 N–H and O–H groups in total. The third-order valence-corrected chi connectivity index (χ3v) is 2.97. The standard InChI is InChI=1S/C13H14ClN3O3/c1-8(14)12-16-17-13(20-12)15-9-3-4-10-11(7-9)19-6-2-5-18-10/h3-4,7-8H,2,5-6H2,1H3,(H,15,17). The molecule has 1 unspecified atom stereocenters. The van der Waals surface area contributed by atoms with E-state index in [1.807, 2.05) is 18.2 Å². The predicted octanol–water partition coefficient (Wildman–Crippen LogP) is 3.27. The summed E-state index contributed by atoms with van der Waals surface area (Å²) in [5.74, 6) is 1.83. The number of aromatic nitrogens is 2. The summed E-state index contributed by atoms with van der Waals surface area (Å²) in [7, 11) is 0. The highest BCUT2D eigenvalue weighted by molar-refractivity contribution is 6.20. The lowest BCUT2D eigenvalue weighted by Gasteiger charge is -2.09. The normalized spacial score (nSPS) is 15.5. The van der Waals surface area contributed by atoms with E-state index in [-0.39, 0.29) is 5.38 Å². The van der Waals surface area contributed by atoms with E-state index in [0.29, 0.717) is 30.9 Å². The van der Waals surface area contributed by atoms with Crippen LogP contribution in [-0.4, -0.2) is 23.4 Å². The third kappa shape index (κ3) is 2.80. The zero-order chi connectivity index (χ0) is 13.9. The molecule has 1 aliphatic heterocycles. The Balaban J connectivity index is 1.78. The highest BCUT2D eigenvalue weighted by atomic mass is 35.5. The first-order valence-corrected chi connectivity index (χ1v) is 6.80. The van der Waals surface area contributed by atoms with Gasteiger partial charge in [0, 0.05) is 18.2 Å². The number of anilines is 2. The van der Waals surface area contributed by atoms with Crippen molar-refractivity contribution in [1.82, 2.24) is 10.2 Å². The Labute approximate surface area is 121 Å². The molecule has 106 valence electrons. The molecule has 1 aromatic heterocycles. The summed E-state index contributed by atoms with van der Waals surface area (Å²) in [6.45, 7) is 3.08. The van der Waals surface area contributed by atoms with Gasteiger partial charge in [-0.15, -0.1) is 16.7 Å². The van der Waals surface area contributed by atoms with Gasteiger partial charge < -0.3 is 19.2 Å².